The molecule has 0 aromatic heterocycles. The molecule has 0 radical (unpaired) electrons. The van der Waals surface area contributed by atoms with E-state index in [0.29, 0.717) is 5.75 Å². The van der Waals surface area contributed by atoms with Crippen molar-refractivity contribution in [3.63, 3.8) is 0 Å². The number of rotatable bonds is 18. The van der Waals surface area contributed by atoms with Crippen molar-refractivity contribution in [2.24, 2.45) is 0 Å². The molecule has 0 amide bonds. The van der Waals surface area contributed by atoms with Gasteiger partial charge in [-0.2, -0.15) is 0 Å². The summed E-state index contributed by atoms with van der Waals surface area (Å²) in [5.74, 6) is 0.671. The number of nitrogens with zero attached hydrogens (tertiary/aromatic N) is 2. The molecule has 0 unspecified atom stereocenters. The lowest BCUT2D eigenvalue weighted by molar-refractivity contribution is -0.947. The Hall–Kier alpha value is -1.63. The number of morpholine rings is 1. The molecule has 1 aromatic carbocycles. The van der Waals surface area contributed by atoms with Gasteiger partial charge in [-0.05, 0) is 31.0 Å². The minimum absolute atomic E-state index is 0. The molecule has 0 spiro atoms. The van der Waals surface area contributed by atoms with Crippen LogP contribution in [0.1, 0.15) is 102 Å². The largest absolute Gasteiger partial charge is 1.00 e. The maximum absolute atomic E-state index is 11.1. The Bertz CT molecular complexity index is 779. The standard InChI is InChI=1S/C29H49N2O4.ClH/c1-4-5-6-7-8-9-10-11-12-13-14-15-18-31(19-21-35-22-20-31)25-27-16-17-29(34-3)28(24-27)23-26(2)30(32)33;/h16-17,23-24H,4-15,18-22,25H2,1-3H3;1H/q+1;/p-1. The minimum atomic E-state index is -0.351. The van der Waals surface area contributed by atoms with E-state index in [1.807, 2.05) is 6.07 Å². The summed E-state index contributed by atoms with van der Waals surface area (Å²) < 4.78 is 12.2. The molecule has 0 aliphatic carbocycles. The van der Waals surface area contributed by atoms with Gasteiger partial charge in [-0.3, -0.25) is 10.1 Å². The van der Waals surface area contributed by atoms with Crippen LogP contribution in [-0.4, -0.2) is 49.4 Å². The van der Waals surface area contributed by atoms with Crippen LogP contribution in [0.5, 0.6) is 5.75 Å². The van der Waals surface area contributed by atoms with Crippen LogP contribution in [0.15, 0.2) is 23.9 Å². The van der Waals surface area contributed by atoms with E-state index in [0.717, 1.165) is 42.9 Å². The van der Waals surface area contributed by atoms with Gasteiger partial charge in [0.2, 0.25) is 5.70 Å². The number of ether oxygens (including phenoxy) is 2. The normalized spacial score (nSPS) is 15.4. The van der Waals surface area contributed by atoms with Crippen molar-refractivity contribution in [2.45, 2.75) is 97.4 Å². The number of quaternary nitrogens is 1. The van der Waals surface area contributed by atoms with E-state index in [1.54, 1.807) is 13.2 Å². The first-order valence-electron chi connectivity index (χ1n) is 13.9. The Morgan fingerprint density at radius 1 is 1.00 bits per heavy atom. The molecule has 6 nitrogen and oxygen atoms in total. The molecule has 36 heavy (non-hydrogen) atoms. The van der Waals surface area contributed by atoms with Crippen LogP contribution in [-0.2, 0) is 11.3 Å². The van der Waals surface area contributed by atoms with Gasteiger partial charge in [0, 0.05) is 24.1 Å². The number of allylic oxidation sites excluding steroid dienone is 1. The lowest BCUT2D eigenvalue weighted by Gasteiger charge is -2.41. The SMILES string of the molecule is CCCCCCCCCCCCCC[N+]1(Cc2ccc(OC)c(C=C(C)[N+](=O)[O-])c2)CCOCC1.[Cl-]. The van der Waals surface area contributed by atoms with Gasteiger partial charge >= 0.3 is 0 Å². The highest BCUT2D eigenvalue weighted by atomic mass is 35.5. The van der Waals surface area contributed by atoms with Crippen molar-refractivity contribution in [2.75, 3.05) is 40.0 Å². The molecule has 1 saturated heterocycles. The van der Waals surface area contributed by atoms with E-state index in [4.69, 9.17) is 9.47 Å². The van der Waals surface area contributed by atoms with Gasteiger partial charge in [-0.25, -0.2) is 0 Å². The summed E-state index contributed by atoms with van der Waals surface area (Å²) in [7, 11) is 1.61. The second-order valence-electron chi connectivity index (χ2n) is 10.3. The lowest BCUT2D eigenvalue weighted by atomic mass is 10.0. The van der Waals surface area contributed by atoms with E-state index < -0.39 is 0 Å². The molecule has 2 rings (SSSR count). The number of hydrogen-bond donors (Lipinski definition) is 0. The van der Waals surface area contributed by atoms with E-state index in [9.17, 15) is 10.1 Å². The van der Waals surface area contributed by atoms with Gasteiger partial charge in [-0.1, -0.05) is 71.1 Å². The summed E-state index contributed by atoms with van der Waals surface area (Å²) in [5.41, 5.74) is 2.09. The molecule has 1 aliphatic heterocycles. The van der Waals surface area contributed by atoms with E-state index >= 15 is 0 Å². The van der Waals surface area contributed by atoms with E-state index in [-0.39, 0.29) is 23.0 Å². The summed E-state index contributed by atoms with van der Waals surface area (Å²) in [6, 6.07) is 6.11. The number of hydrogen-bond acceptors (Lipinski definition) is 4. The smallest absolute Gasteiger partial charge is 0.243 e. The molecular weight excluding hydrogens is 476 g/mol. The Kier molecular flexibility index (Phi) is 16.7. The summed E-state index contributed by atoms with van der Waals surface area (Å²) >= 11 is 0. The summed E-state index contributed by atoms with van der Waals surface area (Å²) in [6.45, 7) is 9.58. The van der Waals surface area contributed by atoms with Gasteiger partial charge in [0.05, 0.1) is 31.8 Å². The zero-order valence-electron chi connectivity index (χ0n) is 22.9. The Labute approximate surface area is 225 Å². The molecule has 0 N–H and O–H groups in total. The molecule has 1 aliphatic rings. The molecule has 0 bridgehead atoms. The van der Waals surface area contributed by atoms with Crippen molar-refractivity contribution < 1.29 is 31.3 Å². The van der Waals surface area contributed by atoms with Crippen LogP contribution in [0.2, 0.25) is 0 Å². The second kappa shape index (κ2) is 18.6. The fourth-order valence-electron chi connectivity index (χ4n) is 5.14. The number of nitro groups is 1. The molecule has 0 saturated carbocycles. The molecule has 206 valence electrons. The fourth-order valence-corrected chi connectivity index (χ4v) is 5.14. The third kappa shape index (κ3) is 12.1. The van der Waals surface area contributed by atoms with Crippen molar-refractivity contribution in [3.05, 3.63) is 45.1 Å². The van der Waals surface area contributed by atoms with Crippen LogP contribution in [0.25, 0.3) is 6.08 Å². The number of benzene rings is 1. The first-order valence-corrected chi connectivity index (χ1v) is 13.9. The van der Waals surface area contributed by atoms with Gasteiger partial charge in [0.15, 0.2) is 0 Å². The predicted octanol–water partition coefficient (Wildman–Crippen LogP) is 4.38. The monoisotopic (exact) mass is 524 g/mol. The third-order valence-electron chi connectivity index (χ3n) is 7.37. The van der Waals surface area contributed by atoms with E-state index in [2.05, 4.69) is 19.1 Å². The molecule has 1 fully saturated rings. The van der Waals surface area contributed by atoms with Crippen LogP contribution in [0, 0.1) is 10.1 Å². The second-order valence-corrected chi connectivity index (χ2v) is 10.3. The zero-order valence-corrected chi connectivity index (χ0v) is 23.7. The number of halogens is 1. The lowest BCUT2D eigenvalue weighted by Crippen LogP contribution is -3.00. The summed E-state index contributed by atoms with van der Waals surface area (Å²) in [5, 5.41) is 11.1. The average Bonchev–Trinajstić information content (AvgIpc) is 2.85. The van der Waals surface area contributed by atoms with E-state index in [1.165, 1.54) is 96.1 Å². The number of unbranched alkanes of at least 4 members (excludes halogenated alkanes) is 11. The highest BCUT2D eigenvalue weighted by molar-refractivity contribution is 5.59. The van der Waals surface area contributed by atoms with Crippen molar-refractivity contribution >= 4 is 6.08 Å². The Morgan fingerprint density at radius 2 is 1.56 bits per heavy atom. The topological polar surface area (TPSA) is 61.6 Å². The van der Waals surface area contributed by atoms with Crippen LogP contribution >= 0.6 is 0 Å². The van der Waals surface area contributed by atoms with Crippen LogP contribution in [0.4, 0.5) is 0 Å². The molecule has 1 heterocycles. The highest BCUT2D eigenvalue weighted by Crippen LogP contribution is 2.26. The van der Waals surface area contributed by atoms with Crippen LogP contribution < -0.4 is 17.1 Å². The fraction of sp³-hybridized carbons (Fsp3) is 0.724. The first-order chi connectivity index (χ1) is 17.0. The molecule has 7 heteroatoms. The highest BCUT2D eigenvalue weighted by Gasteiger charge is 2.30. The Balaban J connectivity index is 0.00000648. The van der Waals surface area contributed by atoms with Crippen molar-refractivity contribution in [1.29, 1.82) is 0 Å². The maximum atomic E-state index is 11.1. The maximum Gasteiger partial charge on any atom is 0.243 e. The van der Waals surface area contributed by atoms with Gasteiger partial charge in [0.25, 0.3) is 0 Å². The molecule has 0 atom stereocenters. The zero-order chi connectivity index (χ0) is 25.4. The summed E-state index contributed by atoms with van der Waals surface area (Å²) in [6.07, 6.45) is 18.0. The minimum Gasteiger partial charge on any atom is -1.00 e. The van der Waals surface area contributed by atoms with Crippen molar-refractivity contribution in [1.82, 2.24) is 0 Å². The number of methoxy groups -OCH3 is 1. The van der Waals surface area contributed by atoms with Gasteiger partial charge in [-0.15, -0.1) is 0 Å². The third-order valence-corrected chi connectivity index (χ3v) is 7.37. The molecule has 1 aromatic rings. The van der Waals surface area contributed by atoms with Gasteiger partial charge < -0.3 is 26.4 Å². The predicted molar refractivity (Wildman–Crippen MR) is 144 cm³/mol. The van der Waals surface area contributed by atoms with Crippen LogP contribution in [0.3, 0.4) is 0 Å². The first kappa shape index (κ1) is 32.4. The quantitative estimate of drug-likeness (QED) is 0.124. The molecular formula is C29H49ClN2O4. The van der Waals surface area contributed by atoms with Crippen molar-refractivity contribution in [3.8, 4) is 5.75 Å². The Morgan fingerprint density at radius 3 is 2.08 bits per heavy atom. The van der Waals surface area contributed by atoms with Gasteiger partial charge in [0.1, 0.15) is 25.4 Å². The average molecular weight is 525 g/mol. The summed E-state index contributed by atoms with van der Waals surface area (Å²) in [4.78, 5) is 10.8.